The van der Waals surface area contributed by atoms with Gasteiger partial charge in [-0.3, -0.25) is 0 Å². The standard InChI is InChI=1S/C7H8S.Li/c1-6-4-2-3-5-7(6)8;/h2-5,8H,1H3;/q;+1/p-1. The fourth-order valence-corrected chi connectivity index (χ4v) is 0.703. The molecule has 0 aromatic heterocycles. The molecule has 0 amide bonds. The summed E-state index contributed by atoms with van der Waals surface area (Å²) in [4.78, 5) is 0.951. The number of hydrogen-bond donors (Lipinski definition) is 0. The minimum absolute atomic E-state index is 0. The molecule has 0 unspecified atom stereocenters. The number of benzene rings is 1. The van der Waals surface area contributed by atoms with Crippen molar-refractivity contribution in [3.63, 3.8) is 0 Å². The number of rotatable bonds is 0. The van der Waals surface area contributed by atoms with Crippen LogP contribution >= 0.6 is 0 Å². The van der Waals surface area contributed by atoms with Crippen molar-refractivity contribution in [2.24, 2.45) is 0 Å². The molecular formula is C7H7LiS. The molecule has 0 nitrogen and oxygen atoms in total. The Bertz CT molecular complexity index is 165. The second-order valence-electron chi connectivity index (χ2n) is 1.77. The largest absolute Gasteiger partial charge is 1.00 e. The van der Waals surface area contributed by atoms with Gasteiger partial charge in [0, 0.05) is 0 Å². The average Bonchev–Trinajstić information content (AvgIpc) is 1.77. The first-order chi connectivity index (χ1) is 3.80. The molecule has 0 radical (unpaired) electrons. The molecule has 0 saturated carbocycles. The van der Waals surface area contributed by atoms with Gasteiger partial charge in [0.15, 0.2) is 0 Å². The van der Waals surface area contributed by atoms with Crippen molar-refractivity contribution in [3.8, 4) is 0 Å². The molecule has 0 atom stereocenters. The van der Waals surface area contributed by atoms with E-state index in [-0.39, 0.29) is 18.9 Å². The van der Waals surface area contributed by atoms with Crippen molar-refractivity contribution in [1.29, 1.82) is 0 Å². The van der Waals surface area contributed by atoms with Gasteiger partial charge in [0.05, 0.1) is 0 Å². The molecule has 0 N–H and O–H groups in total. The van der Waals surface area contributed by atoms with Crippen molar-refractivity contribution in [2.75, 3.05) is 0 Å². The summed E-state index contributed by atoms with van der Waals surface area (Å²) < 4.78 is 0. The van der Waals surface area contributed by atoms with E-state index in [9.17, 15) is 0 Å². The van der Waals surface area contributed by atoms with E-state index in [2.05, 4.69) is 0 Å². The Kier molecular flexibility index (Phi) is 3.97. The van der Waals surface area contributed by atoms with Crippen molar-refractivity contribution >= 4 is 12.6 Å². The first-order valence-corrected chi connectivity index (χ1v) is 2.94. The predicted octanol–water partition coefficient (Wildman–Crippen LogP) is -1.10. The van der Waals surface area contributed by atoms with Crippen molar-refractivity contribution in [2.45, 2.75) is 11.8 Å². The maximum Gasteiger partial charge on any atom is 1.00 e. The van der Waals surface area contributed by atoms with Crippen LogP contribution in [0.5, 0.6) is 0 Å². The Hall–Kier alpha value is 0.0374. The zero-order valence-corrected chi connectivity index (χ0v) is 6.53. The summed E-state index contributed by atoms with van der Waals surface area (Å²) in [5.41, 5.74) is 1.18. The van der Waals surface area contributed by atoms with E-state index in [4.69, 9.17) is 12.6 Å². The third kappa shape index (κ3) is 2.40. The Labute approximate surface area is 73.2 Å². The van der Waals surface area contributed by atoms with E-state index in [1.165, 1.54) is 5.56 Å². The second kappa shape index (κ2) is 3.95. The molecule has 1 rings (SSSR count). The quantitative estimate of drug-likeness (QED) is 0.317. The van der Waals surface area contributed by atoms with Crippen LogP contribution in [0.4, 0.5) is 0 Å². The van der Waals surface area contributed by atoms with Crippen molar-refractivity contribution < 1.29 is 18.9 Å². The third-order valence-electron chi connectivity index (χ3n) is 1.09. The topological polar surface area (TPSA) is 0 Å². The Morgan fingerprint density at radius 3 is 2.11 bits per heavy atom. The molecule has 9 heavy (non-hydrogen) atoms. The van der Waals surface area contributed by atoms with Crippen LogP contribution in [-0.4, -0.2) is 0 Å². The molecule has 0 spiro atoms. The van der Waals surface area contributed by atoms with E-state index in [1.807, 2.05) is 31.2 Å². The molecule has 0 aliphatic rings. The van der Waals surface area contributed by atoms with E-state index in [0.717, 1.165) is 4.90 Å². The molecule has 0 saturated heterocycles. The van der Waals surface area contributed by atoms with Crippen LogP contribution in [0.25, 0.3) is 0 Å². The normalized spacial score (nSPS) is 8.11. The number of aryl methyl sites for hydroxylation is 1. The number of hydrogen-bond acceptors (Lipinski definition) is 1. The van der Waals surface area contributed by atoms with E-state index in [0.29, 0.717) is 0 Å². The molecular weight excluding hydrogens is 123 g/mol. The van der Waals surface area contributed by atoms with Crippen LogP contribution in [0, 0.1) is 6.92 Å². The van der Waals surface area contributed by atoms with E-state index in [1.54, 1.807) is 0 Å². The zero-order chi connectivity index (χ0) is 5.98. The van der Waals surface area contributed by atoms with Gasteiger partial charge in [-0.25, -0.2) is 0 Å². The second-order valence-corrected chi connectivity index (χ2v) is 2.21. The van der Waals surface area contributed by atoms with Crippen LogP contribution < -0.4 is 18.9 Å². The summed E-state index contributed by atoms with van der Waals surface area (Å²) in [6.07, 6.45) is 0. The van der Waals surface area contributed by atoms with Crippen molar-refractivity contribution in [3.05, 3.63) is 29.8 Å². The fraction of sp³-hybridized carbons (Fsp3) is 0.143. The van der Waals surface area contributed by atoms with E-state index < -0.39 is 0 Å². The molecule has 2 heteroatoms. The summed E-state index contributed by atoms with van der Waals surface area (Å²) in [6.45, 7) is 2.02. The molecule has 0 heterocycles. The molecule has 42 valence electrons. The van der Waals surface area contributed by atoms with Gasteiger partial charge in [-0.15, -0.1) is 0 Å². The summed E-state index contributed by atoms with van der Waals surface area (Å²) in [6, 6.07) is 7.90. The molecule has 0 fully saturated rings. The van der Waals surface area contributed by atoms with Crippen LogP contribution in [0.1, 0.15) is 5.56 Å². The smallest absolute Gasteiger partial charge is 0.779 e. The third-order valence-corrected chi connectivity index (χ3v) is 1.55. The Balaban J connectivity index is 0.000000640. The van der Waals surface area contributed by atoms with Gasteiger partial charge >= 0.3 is 18.9 Å². The zero-order valence-electron chi connectivity index (χ0n) is 5.72. The minimum atomic E-state index is 0. The van der Waals surface area contributed by atoms with Gasteiger partial charge in [-0.2, -0.15) is 4.90 Å². The predicted molar refractivity (Wildman–Crippen MR) is 36.8 cm³/mol. The maximum atomic E-state index is 4.95. The van der Waals surface area contributed by atoms with Crippen LogP contribution in [0.2, 0.25) is 0 Å². The first-order valence-electron chi connectivity index (χ1n) is 2.53. The minimum Gasteiger partial charge on any atom is -0.779 e. The first kappa shape index (κ1) is 9.04. The van der Waals surface area contributed by atoms with Gasteiger partial charge in [0.1, 0.15) is 0 Å². The molecule has 1 aromatic rings. The van der Waals surface area contributed by atoms with Gasteiger partial charge < -0.3 is 12.6 Å². The SMILES string of the molecule is Cc1ccccc1[S-].[Li+]. The summed E-state index contributed by atoms with van der Waals surface area (Å²) in [7, 11) is 0. The summed E-state index contributed by atoms with van der Waals surface area (Å²) in [5.74, 6) is 0. The van der Waals surface area contributed by atoms with Crippen molar-refractivity contribution in [1.82, 2.24) is 0 Å². The summed E-state index contributed by atoms with van der Waals surface area (Å²) in [5, 5.41) is 0. The van der Waals surface area contributed by atoms with Gasteiger partial charge in [0.25, 0.3) is 0 Å². The molecule has 0 aliphatic heterocycles. The molecule has 0 bridgehead atoms. The van der Waals surface area contributed by atoms with Crippen LogP contribution in [-0.2, 0) is 12.6 Å². The molecule has 1 aromatic carbocycles. The van der Waals surface area contributed by atoms with Crippen LogP contribution in [0.3, 0.4) is 0 Å². The Morgan fingerprint density at radius 1 is 1.22 bits per heavy atom. The monoisotopic (exact) mass is 130 g/mol. The van der Waals surface area contributed by atoms with Crippen LogP contribution in [0.15, 0.2) is 29.2 Å². The maximum absolute atomic E-state index is 4.95. The van der Waals surface area contributed by atoms with E-state index >= 15 is 0 Å². The average molecular weight is 130 g/mol. The van der Waals surface area contributed by atoms with Gasteiger partial charge in [0.2, 0.25) is 0 Å². The Morgan fingerprint density at radius 2 is 1.78 bits per heavy atom. The van der Waals surface area contributed by atoms with Gasteiger partial charge in [-0.05, 0) is 6.92 Å². The molecule has 0 aliphatic carbocycles. The van der Waals surface area contributed by atoms with Gasteiger partial charge in [-0.1, -0.05) is 29.8 Å². The fourth-order valence-electron chi connectivity index (χ4n) is 0.556. The summed E-state index contributed by atoms with van der Waals surface area (Å²) >= 11 is 4.95.